The number of carbonyl (C=O) groups is 1. The molecule has 0 unspecified atom stereocenters. The minimum absolute atomic E-state index is 0.00667. The van der Waals surface area contributed by atoms with Crippen LogP contribution in [0.25, 0.3) is 16.7 Å². The predicted octanol–water partition coefficient (Wildman–Crippen LogP) is 5.49. The molecule has 1 aromatic heterocycles. The lowest BCUT2D eigenvalue weighted by Crippen LogP contribution is -2.25. The van der Waals surface area contributed by atoms with E-state index in [4.69, 9.17) is 5.11 Å². The molecule has 6 nitrogen and oxygen atoms in total. The summed E-state index contributed by atoms with van der Waals surface area (Å²) in [6.45, 7) is 15.8. The van der Waals surface area contributed by atoms with E-state index in [-0.39, 0.29) is 22.2 Å². The number of hydrogen-bond donors (Lipinski definition) is 2. The fourth-order valence-electron chi connectivity index (χ4n) is 3.50. The minimum Gasteiger partial charge on any atom is -0.506 e. The van der Waals surface area contributed by atoms with Crippen LogP contribution in [0.1, 0.15) is 53.5 Å². The van der Waals surface area contributed by atoms with Crippen LogP contribution in [0.5, 0.6) is 5.75 Å². The molecule has 0 fully saturated rings. The van der Waals surface area contributed by atoms with E-state index in [1.165, 1.54) is 17.3 Å². The third-order valence-corrected chi connectivity index (χ3v) is 4.60. The SMILES string of the molecule is C=C(C)C(=O)O.CC(C)(C)CC(C)(C)c1ccc(O)c(-n2nc3ccccc3n2)c1. The van der Waals surface area contributed by atoms with Gasteiger partial charge in [0.2, 0.25) is 0 Å². The lowest BCUT2D eigenvalue weighted by atomic mass is 9.72. The van der Waals surface area contributed by atoms with Crippen LogP contribution in [0.15, 0.2) is 54.6 Å². The van der Waals surface area contributed by atoms with Gasteiger partial charge in [-0.05, 0) is 54.0 Å². The van der Waals surface area contributed by atoms with Crippen molar-refractivity contribution >= 4 is 17.0 Å². The summed E-state index contributed by atoms with van der Waals surface area (Å²) < 4.78 is 0. The molecule has 0 bridgehead atoms. The number of carboxylic acids is 1. The second-order valence-corrected chi connectivity index (χ2v) is 9.39. The topological polar surface area (TPSA) is 88.2 Å². The van der Waals surface area contributed by atoms with Gasteiger partial charge >= 0.3 is 5.97 Å². The average Bonchev–Trinajstić information content (AvgIpc) is 3.04. The highest BCUT2D eigenvalue weighted by Gasteiger charge is 2.28. The van der Waals surface area contributed by atoms with Crippen LogP contribution >= 0.6 is 0 Å². The van der Waals surface area contributed by atoms with Gasteiger partial charge in [0.15, 0.2) is 0 Å². The van der Waals surface area contributed by atoms with Crippen molar-refractivity contribution in [2.75, 3.05) is 0 Å². The van der Waals surface area contributed by atoms with Gasteiger partial charge in [0.05, 0.1) is 0 Å². The average molecular weight is 410 g/mol. The molecule has 0 atom stereocenters. The first-order valence-corrected chi connectivity index (χ1v) is 9.85. The van der Waals surface area contributed by atoms with Crippen molar-refractivity contribution in [1.29, 1.82) is 0 Å². The van der Waals surface area contributed by atoms with Crippen molar-refractivity contribution in [1.82, 2.24) is 15.0 Å². The molecule has 0 spiro atoms. The summed E-state index contributed by atoms with van der Waals surface area (Å²) in [4.78, 5) is 11.1. The number of aliphatic carboxylic acids is 1. The number of hydrogen-bond acceptors (Lipinski definition) is 4. The Hall–Kier alpha value is -3.15. The zero-order valence-corrected chi connectivity index (χ0v) is 18.6. The van der Waals surface area contributed by atoms with E-state index in [0.29, 0.717) is 5.69 Å². The monoisotopic (exact) mass is 409 g/mol. The molecule has 0 aliphatic carbocycles. The molecule has 0 radical (unpaired) electrons. The van der Waals surface area contributed by atoms with E-state index in [2.05, 4.69) is 51.4 Å². The summed E-state index contributed by atoms with van der Waals surface area (Å²) in [5, 5.41) is 27.2. The summed E-state index contributed by atoms with van der Waals surface area (Å²) in [6, 6.07) is 13.4. The quantitative estimate of drug-likeness (QED) is 0.557. The van der Waals surface area contributed by atoms with Crippen molar-refractivity contribution in [3.8, 4) is 11.4 Å². The number of rotatable bonds is 4. The molecule has 30 heavy (non-hydrogen) atoms. The number of carboxylic acid groups (broad SMARTS) is 1. The molecule has 0 saturated carbocycles. The molecular weight excluding hydrogens is 378 g/mol. The van der Waals surface area contributed by atoms with E-state index < -0.39 is 5.97 Å². The molecule has 3 aromatic rings. The highest BCUT2D eigenvalue weighted by molar-refractivity contribution is 5.84. The maximum Gasteiger partial charge on any atom is 0.330 e. The van der Waals surface area contributed by atoms with Gasteiger partial charge in [-0.3, -0.25) is 0 Å². The Labute approximate surface area is 177 Å². The number of nitrogens with zero attached hydrogens (tertiary/aromatic N) is 3. The van der Waals surface area contributed by atoms with Gasteiger partial charge in [-0.2, -0.15) is 0 Å². The number of aromatic nitrogens is 3. The molecule has 3 rings (SSSR count). The van der Waals surface area contributed by atoms with Crippen molar-refractivity contribution in [2.45, 2.75) is 53.4 Å². The third kappa shape index (κ3) is 5.92. The van der Waals surface area contributed by atoms with E-state index >= 15 is 0 Å². The van der Waals surface area contributed by atoms with Crippen molar-refractivity contribution in [3.63, 3.8) is 0 Å². The molecule has 6 heteroatoms. The van der Waals surface area contributed by atoms with Gasteiger partial charge in [0.1, 0.15) is 22.5 Å². The Morgan fingerprint density at radius 2 is 1.53 bits per heavy atom. The van der Waals surface area contributed by atoms with Gasteiger partial charge in [-0.15, -0.1) is 15.0 Å². The maximum absolute atomic E-state index is 10.3. The highest BCUT2D eigenvalue weighted by atomic mass is 16.4. The number of aromatic hydroxyl groups is 1. The van der Waals surface area contributed by atoms with E-state index in [1.807, 2.05) is 36.4 Å². The maximum atomic E-state index is 10.3. The Kier molecular flexibility index (Phi) is 6.70. The molecule has 1 heterocycles. The van der Waals surface area contributed by atoms with Crippen molar-refractivity contribution in [2.24, 2.45) is 5.41 Å². The standard InChI is InChI=1S/C20H25N3O.C4H6O2/c1-19(2,3)13-20(4,5)14-10-11-18(24)17(12-14)23-21-15-8-6-7-9-16(15)22-23;1-3(2)4(5)6/h6-12,24H,13H2,1-5H3;1H2,2H3,(H,5,6). The van der Waals surface area contributed by atoms with Crippen LogP contribution in [-0.4, -0.2) is 31.2 Å². The van der Waals surface area contributed by atoms with Crippen LogP contribution in [0.2, 0.25) is 0 Å². The van der Waals surface area contributed by atoms with Gasteiger partial charge in [-0.25, -0.2) is 4.79 Å². The zero-order valence-electron chi connectivity index (χ0n) is 18.6. The van der Waals surface area contributed by atoms with Crippen LogP contribution in [0, 0.1) is 5.41 Å². The first-order valence-electron chi connectivity index (χ1n) is 9.85. The largest absolute Gasteiger partial charge is 0.506 e. The van der Waals surface area contributed by atoms with Gasteiger partial charge < -0.3 is 10.2 Å². The van der Waals surface area contributed by atoms with Crippen molar-refractivity contribution in [3.05, 3.63) is 60.2 Å². The number of fused-ring (bicyclic) bond motifs is 1. The Balaban J connectivity index is 0.000000469. The molecule has 0 saturated heterocycles. The Morgan fingerprint density at radius 3 is 1.97 bits per heavy atom. The first kappa shape index (κ1) is 23.1. The molecular formula is C24H31N3O3. The first-order chi connectivity index (χ1) is 13.8. The van der Waals surface area contributed by atoms with Crippen LogP contribution < -0.4 is 0 Å². The summed E-state index contributed by atoms with van der Waals surface area (Å²) in [5.74, 6) is -0.749. The fraction of sp³-hybridized carbons (Fsp3) is 0.375. The molecule has 0 amide bonds. The molecule has 2 aromatic carbocycles. The smallest absolute Gasteiger partial charge is 0.330 e. The summed E-state index contributed by atoms with van der Waals surface area (Å²) >= 11 is 0. The lowest BCUT2D eigenvalue weighted by molar-refractivity contribution is -0.132. The molecule has 2 N–H and O–H groups in total. The second kappa shape index (κ2) is 8.69. The fourth-order valence-corrected chi connectivity index (χ4v) is 3.50. The van der Waals surface area contributed by atoms with Crippen LogP contribution in [0.4, 0.5) is 0 Å². The number of phenols is 1. The third-order valence-electron chi connectivity index (χ3n) is 4.60. The summed E-state index contributed by atoms with van der Waals surface area (Å²) in [6.07, 6.45) is 1.04. The highest BCUT2D eigenvalue weighted by Crippen LogP contribution is 2.38. The lowest BCUT2D eigenvalue weighted by Gasteiger charge is -2.33. The zero-order chi connectivity index (χ0) is 22.7. The van der Waals surface area contributed by atoms with E-state index in [0.717, 1.165) is 17.5 Å². The summed E-state index contributed by atoms with van der Waals surface area (Å²) in [7, 11) is 0. The summed E-state index contributed by atoms with van der Waals surface area (Å²) in [5.41, 5.74) is 3.81. The number of benzene rings is 2. The molecule has 0 aliphatic heterocycles. The predicted molar refractivity (Wildman–Crippen MR) is 120 cm³/mol. The van der Waals surface area contributed by atoms with Crippen molar-refractivity contribution < 1.29 is 15.0 Å². The normalized spacial score (nSPS) is 11.7. The van der Waals surface area contributed by atoms with Crippen LogP contribution in [0.3, 0.4) is 0 Å². The number of phenolic OH excluding ortho intramolecular Hbond substituents is 1. The van der Waals surface area contributed by atoms with Gasteiger partial charge in [0, 0.05) is 5.57 Å². The van der Waals surface area contributed by atoms with Crippen LogP contribution in [-0.2, 0) is 10.2 Å². The molecule has 0 aliphatic rings. The second-order valence-electron chi connectivity index (χ2n) is 9.39. The van der Waals surface area contributed by atoms with Gasteiger partial charge in [0.25, 0.3) is 0 Å². The Bertz CT molecular complexity index is 1010. The van der Waals surface area contributed by atoms with E-state index in [1.54, 1.807) is 6.07 Å². The molecule has 160 valence electrons. The van der Waals surface area contributed by atoms with E-state index in [9.17, 15) is 9.90 Å². The van der Waals surface area contributed by atoms with Gasteiger partial charge in [-0.1, -0.05) is 59.4 Å². The Morgan fingerprint density at radius 1 is 1.03 bits per heavy atom. The minimum atomic E-state index is -0.935.